The molecule has 18 heavy (non-hydrogen) atoms. The summed E-state index contributed by atoms with van der Waals surface area (Å²) in [7, 11) is 1.96. The van der Waals surface area contributed by atoms with Crippen LogP contribution in [0, 0.1) is 10.5 Å². The van der Waals surface area contributed by atoms with Crippen molar-refractivity contribution in [2.45, 2.75) is 13.0 Å². The molecule has 0 fully saturated rings. The molecule has 0 saturated heterocycles. The van der Waals surface area contributed by atoms with Crippen molar-refractivity contribution in [3.8, 4) is 0 Å². The fourth-order valence-corrected chi connectivity index (χ4v) is 3.00. The van der Waals surface area contributed by atoms with Gasteiger partial charge < -0.3 is 5.32 Å². The van der Waals surface area contributed by atoms with Gasteiger partial charge in [0.1, 0.15) is 0 Å². The van der Waals surface area contributed by atoms with Gasteiger partial charge in [-0.1, -0.05) is 48.0 Å². The molecule has 0 aliphatic heterocycles. The summed E-state index contributed by atoms with van der Waals surface area (Å²) in [5.74, 6) is 0. The molecule has 2 rings (SSSR count). The molecule has 0 radical (unpaired) electrons. The van der Waals surface area contributed by atoms with Crippen LogP contribution in [0.25, 0.3) is 0 Å². The molecule has 1 atom stereocenters. The number of hydrogen-bond acceptors (Lipinski definition) is 1. The predicted molar refractivity (Wildman–Crippen MR) is 86.3 cm³/mol. The van der Waals surface area contributed by atoms with Crippen molar-refractivity contribution >= 4 is 34.2 Å². The Morgan fingerprint density at radius 2 is 1.72 bits per heavy atom. The summed E-state index contributed by atoms with van der Waals surface area (Å²) in [6.45, 7) is 2.13. The molecule has 2 aromatic carbocycles. The zero-order valence-corrected chi connectivity index (χ0v) is 13.3. The Bertz CT molecular complexity index is 554. The van der Waals surface area contributed by atoms with Crippen LogP contribution < -0.4 is 5.32 Å². The maximum atomic E-state index is 6.30. The molecular weight excluding hydrogens is 357 g/mol. The molecule has 94 valence electrons. The maximum absolute atomic E-state index is 6.30. The van der Waals surface area contributed by atoms with E-state index in [1.807, 2.05) is 25.2 Å². The first-order valence-electron chi connectivity index (χ1n) is 5.82. The fraction of sp³-hybridized carbons (Fsp3) is 0.200. The topological polar surface area (TPSA) is 12.0 Å². The van der Waals surface area contributed by atoms with E-state index >= 15 is 0 Å². The quantitative estimate of drug-likeness (QED) is 0.780. The summed E-state index contributed by atoms with van der Waals surface area (Å²) >= 11 is 8.70. The van der Waals surface area contributed by atoms with E-state index in [0.717, 1.165) is 10.6 Å². The second-order valence-corrected chi connectivity index (χ2v) is 5.71. The van der Waals surface area contributed by atoms with Crippen molar-refractivity contribution in [3.05, 3.63) is 67.7 Å². The zero-order valence-electron chi connectivity index (χ0n) is 10.4. The highest BCUT2D eigenvalue weighted by molar-refractivity contribution is 14.1. The molecule has 1 nitrogen and oxygen atoms in total. The highest BCUT2D eigenvalue weighted by Gasteiger charge is 2.17. The van der Waals surface area contributed by atoms with Gasteiger partial charge in [0.15, 0.2) is 0 Å². The van der Waals surface area contributed by atoms with Crippen molar-refractivity contribution < 1.29 is 0 Å². The van der Waals surface area contributed by atoms with Gasteiger partial charge in [-0.05, 0) is 59.3 Å². The second kappa shape index (κ2) is 6.04. The van der Waals surface area contributed by atoms with Gasteiger partial charge in [0.25, 0.3) is 0 Å². The number of benzene rings is 2. The number of aryl methyl sites for hydroxylation is 1. The van der Waals surface area contributed by atoms with Gasteiger partial charge in [-0.3, -0.25) is 0 Å². The van der Waals surface area contributed by atoms with E-state index in [0.29, 0.717) is 0 Å². The van der Waals surface area contributed by atoms with Crippen LogP contribution in [0.4, 0.5) is 0 Å². The molecule has 2 aromatic rings. The maximum Gasteiger partial charge on any atom is 0.0599 e. The van der Waals surface area contributed by atoms with E-state index in [1.165, 1.54) is 14.7 Å². The minimum Gasteiger partial charge on any atom is -0.309 e. The SMILES string of the molecule is CNC(c1ccccc1Cl)c1cccc(C)c1I. The van der Waals surface area contributed by atoms with Crippen molar-refractivity contribution in [1.82, 2.24) is 5.32 Å². The summed E-state index contributed by atoms with van der Waals surface area (Å²) in [5.41, 5.74) is 3.68. The van der Waals surface area contributed by atoms with Crippen LogP contribution in [-0.4, -0.2) is 7.05 Å². The number of rotatable bonds is 3. The van der Waals surface area contributed by atoms with Crippen LogP contribution in [0.2, 0.25) is 5.02 Å². The van der Waals surface area contributed by atoms with Gasteiger partial charge in [-0.2, -0.15) is 0 Å². The van der Waals surface area contributed by atoms with Crippen molar-refractivity contribution in [2.24, 2.45) is 0 Å². The van der Waals surface area contributed by atoms with Crippen molar-refractivity contribution in [3.63, 3.8) is 0 Å². The lowest BCUT2D eigenvalue weighted by Gasteiger charge is -2.20. The molecule has 0 saturated carbocycles. The monoisotopic (exact) mass is 371 g/mol. The Kier molecular flexibility index (Phi) is 4.65. The summed E-state index contributed by atoms with van der Waals surface area (Å²) in [6, 6.07) is 14.5. The summed E-state index contributed by atoms with van der Waals surface area (Å²) in [6.07, 6.45) is 0. The van der Waals surface area contributed by atoms with Gasteiger partial charge in [0, 0.05) is 8.59 Å². The van der Waals surface area contributed by atoms with E-state index in [1.54, 1.807) is 0 Å². The number of hydrogen-bond donors (Lipinski definition) is 1. The molecule has 1 N–H and O–H groups in total. The lowest BCUT2D eigenvalue weighted by atomic mass is 9.97. The molecule has 0 heterocycles. The Morgan fingerprint density at radius 1 is 1.06 bits per heavy atom. The van der Waals surface area contributed by atoms with E-state index < -0.39 is 0 Å². The smallest absolute Gasteiger partial charge is 0.0599 e. The summed E-state index contributed by atoms with van der Waals surface area (Å²) in [4.78, 5) is 0. The fourth-order valence-electron chi connectivity index (χ4n) is 2.08. The van der Waals surface area contributed by atoms with Crippen molar-refractivity contribution in [1.29, 1.82) is 0 Å². The normalized spacial score (nSPS) is 12.4. The summed E-state index contributed by atoms with van der Waals surface area (Å²) < 4.78 is 1.29. The van der Waals surface area contributed by atoms with E-state index in [-0.39, 0.29) is 6.04 Å². The molecular formula is C15H15ClIN. The summed E-state index contributed by atoms with van der Waals surface area (Å²) in [5, 5.41) is 4.15. The average Bonchev–Trinajstić information content (AvgIpc) is 2.37. The lowest BCUT2D eigenvalue weighted by molar-refractivity contribution is 0.688. The Labute approximate surface area is 127 Å². The highest BCUT2D eigenvalue weighted by Crippen LogP contribution is 2.31. The number of nitrogens with one attached hydrogen (secondary N) is 1. The van der Waals surface area contributed by atoms with Crippen molar-refractivity contribution in [2.75, 3.05) is 7.05 Å². The zero-order chi connectivity index (χ0) is 13.1. The lowest BCUT2D eigenvalue weighted by Crippen LogP contribution is -2.19. The molecule has 0 bridgehead atoms. The Morgan fingerprint density at radius 3 is 2.39 bits per heavy atom. The van der Waals surface area contributed by atoms with Crippen LogP contribution in [0.5, 0.6) is 0 Å². The molecule has 3 heteroatoms. The van der Waals surface area contributed by atoms with Crippen LogP contribution in [-0.2, 0) is 0 Å². The molecule has 1 unspecified atom stereocenters. The van der Waals surface area contributed by atoms with Gasteiger partial charge in [0.05, 0.1) is 6.04 Å². The third kappa shape index (κ3) is 2.71. The van der Waals surface area contributed by atoms with Crippen LogP contribution in [0.1, 0.15) is 22.7 Å². The van der Waals surface area contributed by atoms with Crippen LogP contribution in [0.3, 0.4) is 0 Å². The minimum absolute atomic E-state index is 0.130. The third-order valence-electron chi connectivity index (χ3n) is 3.04. The van der Waals surface area contributed by atoms with Gasteiger partial charge in [0.2, 0.25) is 0 Å². The van der Waals surface area contributed by atoms with Crippen LogP contribution >= 0.6 is 34.2 Å². The van der Waals surface area contributed by atoms with Gasteiger partial charge >= 0.3 is 0 Å². The largest absolute Gasteiger partial charge is 0.309 e. The minimum atomic E-state index is 0.130. The second-order valence-electron chi connectivity index (χ2n) is 4.22. The standard InChI is InChI=1S/C15H15ClIN/c1-10-6-5-8-12(14(10)17)15(18-2)11-7-3-4-9-13(11)16/h3-9,15,18H,1-2H3. The van der Waals surface area contributed by atoms with E-state index in [4.69, 9.17) is 11.6 Å². The molecule has 0 spiro atoms. The first-order chi connectivity index (χ1) is 8.65. The predicted octanol–water partition coefficient (Wildman–Crippen LogP) is 4.56. The molecule has 0 aromatic heterocycles. The average molecular weight is 372 g/mol. The molecule has 0 aliphatic carbocycles. The van der Waals surface area contributed by atoms with Gasteiger partial charge in [-0.15, -0.1) is 0 Å². The van der Waals surface area contributed by atoms with E-state index in [9.17, 15) is 0 Å². The number of halogens is 2. The third-order valence-corrected chi connectivity index (χ3v) is 4.86. The Hall–Kier alpha value is -0.580. The van der Waals surface area contributed by atoms with Gasteiger partial charge in [-0.25, -0.2) is 0 Å². The first kappa shape index (κ1) is 13.8. The molecule has 0 amide bonds. The van der Waals surface area contributed by atoms with Crippen LogP contribution in [0.15, 0.2) is 42.5 Å². The molecule has 0 aliphatic rings. The highest BCUT2D eigenvalue weighted by atomic mass is 127. The Balaban J connectivity index is 2.53. The first-order valence-corrected chi connectivity index (χ1v) is 7.27. The van der Waals surface area contributed by atoms with E-state index in [2.05, 4.69) is 59.1 Å².